The highest BCUT2D eigenvalue weighted by molar-refractivity contribution is 5.70. The Morgan fingerprint density at radius 3 is 2.15 bits per heavy atom. The van der Waals surface area contributed by atoms with Gasteiger partial charge in [0.25, 0.3) is 0 Å². The molecule has 0 amide bonds. The Morgan fingerprint density at radius 2 is 1.50 bits per heavy atom. The van der Waals surface area contributed by atoms with Crippen molar-refractivity contribution in [3.8, 4) is 0 Å². The van der Waals surface area contributed by atoms with E-state index in [1.165, 1.54) is 77.0 Å². The number of unbranched alkanes of at least 4 members (excludes halogenated alkanes) is 12. The highest BCUT2D eigenvalue weighted by atomic mass is 16.7. The number of rotatable bonds is 16. The minimum absolute atomic E-state index is 0.139. The third-order valence-corrected chi connectivity index (χ3v) is 7.85. The first-order chi connectivity index (χ1) is 16.5. The number of esters is 1. The van der Waals surface area contributed by atoms with Crippen LogP contribution in [0.4, 0.5) is 0 Å². The topological polar surface area (TPSA) is 85.2 Å². The molecule has 0 bridgehead atoms. The van der Waals surface area contributed by atoms with Crippen LogP contribution in [-0.2, 0) is 19.0 Å². The number of hydrogen-bond acceptors (Lipinski definition) is 6. The molecule has 6 heteroatoms. The molecule has 0 aromatic heterocycles. The summed E-state index contributed by atoms with van der Waals surface area (Å²) in [5, 5.41) is 21.0. The average Bonchev–Trinajstić information content (AvgIpc) is 3.12. The lowest BCUT2D eigenvalue weighted by molar-refractivity contribution is -0.290. The zero-order chi connectivity index (χ0) is 24.2. The lowest BCUT2D eigenvalue weighted by Crippen LogP contribution is -2.47. The van der Waals surface area contributed by atoms with Crippen LogP contribution in [0.15, 0.2) is 0 Å². The molecule has 6 atom stereocenters. The van der Waals surface area contributed by atoms with Gasteiger partial charge in [0.05, 0.1) is 24.4 Å². The van der Waals surface area contributed by atoms with E-state index in [1.54, 1.807) is 0 Å². The molecule has 0 aliphatic carbocycles. The molecule has 198 valence electrons. The van der Waals surface area contributed by atoms with Gasteiger partial charge < -0.3 is 24.4 Å². The number of aliphatic hydroxyl groups is 2. The first-order valence-electron chi connectivity index (χ1n) is 14.4. The Balaban J connectivity index is 1.22. The second-order valence-corrected chi connectivity index (χ2v) is 11.1. The average molecular weight is 483 g/mol. The van der Waals surface area contributed by atoms with Gasteiger partial charge in [-0.05, 0) is 25.7 Å². The molecule has 3 fully saturated rings. The van der Waals surface area contributed by atoms with Crippen LogP contribution in [0.3, 0.4) is 0 Å². The molecule has 6 unspecified atom stereocenters. The van der Waals surface area contributed by atoms with E-state index in [0.717, 1.165) is 12.8 Å². The summed E-state index contributed by atoms with van der Waals surface area (Å²) >= 11 is 0. The predicted molar refractivity (Wildman–Crippen MR) is 132 cm³/mol. The van der Waals surface area contributed by atoms with Gasteiger partial charge in [-0.2, -0.15) is 0 Å². The van der Waals surface area contributed by atoms with Crippen LogP contribution in [0.2, 0.25) is 0 Å². The Bertz CT molecular complexity index is 583. The molecule has 3 rings (SSSR count). The lowest BCUT2D eigenvalue weighted by Gasteiger charge is -2.41. The normalized spacial score (nSPS) is 32.0. The van der Waals surface area contributed by atoms with Crippen LogP contribution in [0.1, 0.15) is 135 Å². The SMILES string of the molecule is CCCCCCCCCCCCCCCC(O)CC1CC(O)CC2(CC3OC(=O)CCC3O2)O1. The second kappa shape index (κ2) is 14.8. The highest BCUT2D eigenvalue weighted by Crippen LogP contribution is 2.45. The van der Waals surface area contributed by atoms with Crippen LogP contribution in [0, 0.1) is 0 Å². The number of fused-ring (bicyclic) bond motifs is 1. The molecule has 2 N–H and O–H groups in total. The molecular formula is C28H50O6. The van der Waals surface area contributed by atoms with Crippen LogP contribution < -0.4 is 0 Å². The summed E-state index contributed by atoms with van der Waals surface area (Å²) in [5.74, 6) is -1.06. The van der Waals surface area contributed by atoms with Crippen LogP contribution >= 0.6 is 0 Å². The van der Waals surface area contributed by atoms with E-state index in [2.05, 4.69) is 6.92 Å². The summed E-state index contributed by atoms with van der Waals surface area (Å²) < 4.78 is 17.9. The van der Waals surface area contributed by atoms with Crippen molar-refractivity contribution in [3.05, 3.63) is 0 Å². The molecule has 0 aromatic rings. The molecule has 0 radical (unpaired) electrons. The Kier molecular flexibility index (Phi) is 12.1. The summed E-state index contributed by atoms with van der Waals surface area (Å²) in [6, 6.07) is 0. The monoisotopic (exact) mass is 482 g/mol. The molecule has 3 aliphatic rings. The number of ether oxygens (including phenoxy) is 3. The van der Waals surface area contributed by atoms with Crippen LogP contribution in [-0.4, -0.2) is 52.5 Å². The fraction of sp³-hybridized carbons (Fsp3) is 0.964. The van der Waals surface area contributed by atoms with Gasteiger partial charge in [0.15, 0.2) is 5.79 Å². The molecule has 3 saturated heterocycles. The zero-order valence-corrected chi connectivity index (χ0v) is 21.6. The third-order valence-electron chi connectivity index (χ3n) is 7.85. The smallest absolute Gasteiger partial charge is 0.306 e. The summed E-state index contributed by atoms with van der Waals surface area (Å²) in [4.78, 5) is 11.6. The quantitative estimate of drug-likeness (QED) is 0.209. The fourth-order valence-corrected chi connectivity index (χ4v) is 6.00. The van der Waals surface area contributed by atoms with E-state index in [4.69, 9.17) is 14.2 Å². The number of carbonyl (C=O) groups excluding carboxylic acids is 1. The van der Waals surface area contributed by atoms with Crippen molar-refractivity contribution in [2.45, 2.75) is 172 Å². The molecule has 0 aromatic carbocycles. The molecule has 0 saturated carbocycles. The van der Waals surface area contributed by atoms with Crippen molar-refractivity contribution in [3.63, 3.8) is 0 Å². The first-order valence-corrected chi connectivity index (χ1v) is 14.4. The second-order valence-electron chi connectivity index (χ2n) is 11.1. The number of hydrogen-bond donors (Lipinski definition) is 2. The van der Waals surface area contributed by atoms with E-state index >= 15 is 0 Å². The van der Waals surface area contributed by atoms with Crippen LogP contribution in [0.25, 0.3) is 0 Å². The zero-order valence-electron chi connectivity index (χ0n) is 21.6. The van der Waals surface area contributed by atoms with Gasteiger partial charge >= 0.3 is 5.97 Å². The minimum atomic E-state index is -0.877. The number of carbonyl (C=O) groups is 1. The minimum Gasteiger partial charge on any atom is -0.459 e. The van der Waals surface area contributed by atoms with Crippen LogP contribution in [0.5, 0.6) is 0 Å². The van der Waals surface area contributed by atoms with Crippen molar-refractivity contribution in [1.82, 2.24) is 0 Å². The molecule has 3 aliphatic heterocycles. The van der Waals surface area contributed by atoms with Gasteiger partial charge in [-0.3, -0.25) is 4.79 Å². The lowest BCUT2D eigenvalue weighted by atomic mass is 9.91. The maximum absolute atomic E-state index is 11.6. The Morgan fingerprint density at radius 1 is 0.882 bits per heavy atom. The van der Waals surface area contributed by atoms with E-state index < -0.39 is 18.0 Å². The molecule has 34 heavy (non-hydrogen) atoms. The standard InChI is InChI=1S/C28H50O6/c1-2-3-4-5-6-7-8-9-10-11-12-13-14-15-22(29)18-24-19-23(30)20-28(33-24)21-26-25(34-28)16-17-27(31)32-26/h22-26,29-30H,2-21H2,1H3. The van der Waals surface area contributed by atoms with Gasteiger partial charge in [-0.15, -0.1) is 0 Å². The maximum Gasteiger partial charge on any atom is 0.306 e. The molecule has 3 heterocycles. The Labute approximate surface area is 207 Å². The van der Waals surface area contributed by atoms with Crippen molar-refractivity contribution >= 4 is 5.97 Å². The van der Waals surface area contributed by atoms with E-state index in [1.807, 2.05) is 0 Å². The van der Waals surface area contributed by atoms with Crippen molar-refractivity contribution < 1.29 is 29.2 Å². The Hall–Kier alpha value is -0.690. The van der Waals surface area contributed by atoms with Gasteiger partial charge in [0.1, 0.15) is 6.10 Å². The van der Waals surface area contributed by atoms with E-state index in [9.17, 15) is 15.0 Å². The van der Waals surface area contributed by atoms with Gasteiger partial charge in [-0.1, -0.05) is 90.4 Å². The van der Waals surface area contributed by atoms with E-state index in [0.29, 0.717) is 38.5 Å². The van der Waals surface area contributed by atoms with Crippen molar-refractivity contribution in [2.24, 2.45) is 0 Å². The van der Waals surface area contributed by atoms with Gasteiger partial charge in [-0.25, -0.2) is 0 Å². The van der Waals surface area contributed by atoms with E-state index in [-0.39, 0.29) is 24.3 Å². The predicted octanol–water partition coefficient (Wildman–Crippen LogP) is 5.95. The molecule has 6 nitrogen and oxygen atoms in total. The highest BCUT2D eigenvalue weighted by Gasteiger charge is 2.54. The molecular weight excluding hydrogens is 432 g/mol. The van der Waals surface area contributed by atoms with Gasteiger partial charge in [0.2, 0.25) is 0 Å². The largest absolute Gasteiger partial charge is 0.459 e. The maximum atomic E-state index is 11.6. The summed E-state index contributed by atoms with van der Waals surface area (Å²) in [6.45, 7) is 2.27. The number of aliphatic hydroxyl groups excluding tert-OH is 2. The molecule has 1 spiro atoms. The van der Waals surface area contributed by atoms with Crippen molar-refractivity contribution in [1.29, 1.82) is 0 Å². The fourth-order valence-electron chi connectivity index (χ4n) is 6.00. The third kappa shape index (κ3) is 9.40. The van der Waals surface area contributed by atoms with Gasteiger partial charge in [0, 0.05) is 19.3 Å². The summed E-state index contributed by atoms with van der Waals surface area (Å²) in [5.41, 5.74) is 0. The summed E-state index contributed by atoms with van der Waals surface area (Å²) in [7, 11) is 0. The summed E-state index contributed by atoms with van der Waals surface area (Å²) in [6.07, 6.45) is 19.3. The van der Waals surface area contributed by atoms with Crippen molar-refractivity contribution in [2.75, 3.05) is 0 Å². The first kappa shape index (κ1) is 27.9.